The van der Waals surface area contributed by atoms with E-state index in [2.05, 4.69) is 40.9 Å². The van der Waals surface area contributed by atoms with Gasteiger partial charge in [-0.15, -0.1) is 0 Å². The first-order valence-electron chi connectivity index (χ1n) is 6.59. The van der Waals surface area contributed by atoms with Crippen LogP contribution >= 0.6 is 0 Å². The quantitative estimate of drug-likeness (QED) is 0.842. The fourth-order valence-electron chi connectivity index (χ4n) is 2.17. The second kappa shape index (κ2) is 6.15. The van der Waals surface area contributed by atoms with Crippen LogP contribution in [0.3, 0.4) is 0 Å². The third-order valence-corrected chi connectivity index (χ3v) is 3.22. The third-order valence-electron chi connectivity index (χ3n) is 3.22. The van der Waals surface area contributed by atoms with E-state index >= 15 is 0 Å². The van der Waals surface area contributed by atoms with Crippen molar-refractivity contribution in [3.8, 4) is 0 Å². The fraction of sp³-hybridized carbons (Fsp3) is 0.176. The van der Waals surface area contributed by atoms with Crippen LogP contribution in [0.2, 0.25) is 0 Å². The van der Waals surface area contributed by atoms with Crippen molar-refractivity contribution in [3.05, 3.63) is 60.6 Å². The van der Waals surface area contributed by atoms with Gasteiger partial charge in [0.1, 0.15) is 5.82 Å². The van der Waals surface area contributed by atoms with Crippen molar-refractivity contribution >= 4 is 22.2 Å². The summed E-state index contributed by atoms with van der Waals surface area (Å²) in [4.78, 5) is 8.90. The molecule has 1 N–H and O–H groups in total. The van der Waals surface area contributed by atoms with Gasteiger partial charge in [0.05, 0.1) is 5.69 Å². The van der Waals surface area contributed by atoms with Crippen molar-refractivity contribution in [2.75, 3.05) is 12.4 Å². The second-order valence-corrected chi connectivity index (χ2v) is 4.52. The molecule has 0 unspecified atom stereocenters. The Morgan fingerprint density at radius 3 is 2.55 bits per heavy atom. The SMILES string of the molecule is C=C/C=C(C)\C(=C/C)c1cc2cnc(NC)cc2cn1. The average Bonchev–Trinajstić information content (AvgIpc) is 2.47. The number of hydrogen-bond donors (Lipinski definition) is 1. The molecule has 3 nitrogen and oxygen atoms in total. The highest BCUT2D eigenvalue weighted by molar-refractivity contribution is 5.87. The molecule has 0 aliphatic heterocycles. The number of anilines is 1. The number of allylic oxidation sites excluding steroid dienone is 5. The molecule has 0 aliphatic carbocycles. The second-order valence-electron chi connectivity index (χ2n) is 4.52. The Hall–Kier alpha value is -2.42. The van der Waals surface area contributed by atoms with Gasteiger partial charge in [-0.25, -0.2) is 4.98 Å². The number of nitrogens with zero attached hydrogens (tertiary/aromatic N) is 2. The fourth-order valence-corrected chi connectivity index (χ4v) is 2.17. The molecule has 3 heteroatoms. The van der Waals surface area contributed by atoms with Gasteiger partial charge < -0.3 is 5.32 Å². The molecule has 0 spiro atoms. The van der Waals surface area contributed by atoms with E-state index in [4.69, 9.17) is 0 Å². The summed E-state index contributed by atoms with van der Waals surface area (Å²) < 4.78 is 0. The summed E-state index contributed by atoms with van der Waals surface area (Å²) in [5.41, 5.74) is 3.22. The molecule has 20 heavy (non-hydrogen) atoms. The molecule has 2 aromatic heterocycles. The summed E-state index contributed by atoms with van der Waals surface area (Å²) in [7, 11) is 1.86. The maximum atomic E-state index is 4.56. The molecule has 2 rings (SSSR count). The Bertz CT molecular complexity index is 696. The molecule has 102 valence electrons. The van der Waals surface area contributed by atoms with E-state index in [1.54, 1.807) is 6.08 Å². The summed E-state index contributed by atoms with van der Waals surface area (Å²) >= 11 is 0. The zero-order chi connectivity index (χ0) is 14.5. The number of nitrogens with one attached hydrogen (secondary N) is 1. The minimum Gasteiger partial charge on any atom is -0.373 e. The summed E-state index contributed by atoms with van der Waals surface area (Å²) in [6.45, 7) is 7.82. The molecule has 2 aromatic rings. The van der Waals surface area contributed by atoms with Gasteiger partial charge in [0.25, 0.3) is 0 Å². The molecular weight excluding hydrogens is 246 g/mol. The first-order valence-corrected chi connectivity index (χ1v) is 6.59. The van der Waals surface area contributed by atoms with E-state index < -0.39 is 0 Å². The summed E-state index contributed by atoms with van der Waals surface area (Å²) in [6, 6.07) is 4.06. The molecule has 0 saturated carbocycles. The molecule has 2 heterocycles. The molecule has 0 radical (unpaired) electrons. The van der Waals surface area contributed by atoms with Crippen LogP contribution in [0.25, 0.3) is 16.3 Å². The highest BCUT2D eigenvalue weighted by Gasteiger charge is 2.06. The van der Waals surface area contributed by atoms with Gasteiger partial charge in [-0.05, 0) is 37.1 Å². The van der Waals surface area contributed by atoms with Crippen molar-refractivity contribution in [2.24, 2.45) is 0 Å². The van der Waals surface area contributed by atoms with Gasteiger partial charge in [0, 0.05) is 30.2 Å². The minimum atomic E-state index is 0.848. The summed E-state index contributed by atoms with van der Waals surface area (Å²) in [6.07, 6.45) is 9.60. The predicted octanol–water partition coefficient (Wildman–Crippen LogP) is 4.21. The van der Waals surface area contributed by atoms with E-state index in [-0.39, 0.29) is 0 Å². The van der Waals surface area contributed by atoms with E-state index in [1.807, 2.05) is 38.5 Å². The van der Waals surface area contributed by atoms with Crippen molar-refractivity contribution in [1.82, 2.24) is 9.97 Å². The zero-order valence-corrected chi connectivity index (χ0v) is 12.1. The smallest absolute Gasteiger partial charge is 0.126 e. The normalized spacial score (nSPS) is 12.6. The van der Waals surface area contributed by atoms with E-state index in [0.29, 0.717) is 0 Å². The topological polar surface area (TPSA) is 37.8 Å². The molecule has 0 amide bonds. The van der Waals surface area contributed by atoms with Crippen molar-refractivity contribution in [3.63, 3.8) is 0 Å². The van der Waals surface area contributed by atoms with Gasteiger partial charge in [-0.2, -0.15) is 0 Å². The van der Waals surface area contributed by atoms with Gasteiger partial charge in [0.2, 0.25) is 0 Å². The summed E-state index contributed by atoms with van der Waals surface area (Å²) in [5.74, 6) is 0.848. The lowest BCUT2D eigenvalue weighted by molar-refractivity contribution is 1.26. The molecule has 0 aromatic carbocycles. The lowest BCUT2D eigenvalue weighted by atomic mass is 10.0. The molecule has 0 fully saturated rings. The predicted molar refractivity (Wildman–Crippen MR) is 86.7 cm³/mol. The largest absolute Gasteiger partial charge is 0.373 e. The molecular formula is C17H19N3. The first-order chi connectivity index (χ1) is 9.69. The molecule has 0 bridgehead atoms. The van der Waals surface area contributed by atoms with E-state index in [0.717, 1.165) is 33.4 Å². The van der Waals surface area contributed by atoms with Gasteiger partial charge >= 0.3 is 0 Å². The number of aromatic nitrogens is 2. The van der Waals surface area contributed by atoms with Crippen LogP contribution in [0, 0.1) is 0 Å². The van der Waals surface area contributed by atoms with Gasteiger partial charge in [-0.1, -0.05) is 24.8 Å². The Kier molecular flexibility index (Phi) is 4.31. The minimum absolute atomic E-state index is 0.848. The lowest BCUT2D eigenvalue weighted by Gasteiger charge is -2.08. The van der Waals surface area contributed by atoms with Crippen molar-refractivity contribution in [1.29, 1.82) is 0 Å². The van der Waals surface area contributed by atoms with Crippen LogP contribution < -0.4 is 5.32 Å². The van der Waals surface area contributed by atoms with Crippen LogP contribution in [0.4, 0.5) is 5.82 Å². The highest BCUT2D eigenvalue weighted by Crippen LogP contribution is 2.24. The highest BCUT2D eigenvalue weighted by atomic mass is 14.9. The molecule has 0 saturated heterocycles. The third kappa shape index (κ3) is 2.77. The van der Waals surface area contributed by atoms with Crippen LogP contribution in [0.5, 0.6) is 0 Å². The number of pyridine rings is 2. The van der Waals surface area contributed by atoms with Gasteiger partial charge in [0.15, 0.2) is 0 Å². The molecule has 0 aliphatic rings. The Labute approximate surface area is 119 Å². The first kappa shape index (κ1) is 14.0. The Morgan fingerprint density at radius 2 is 1.90 bits per heavy atom. The zero-order valence-electron chi connectivity index (χ0n) is 12.1. The van der Waals surface area contributed by atoms with Crippen LogP contribution in [-0.2, 0) is 0 Å². The van der Waals surface area contributed by atoms with E-state index in [1.165, 1.54) is 0 Å². The monoisotopic (exact) mass is 265 g/mol. The number of hydrogen-bond acceptors (Lipinski definition) is 3. The number of rotatable bonds is 4. The van der Waals surface area contributed by atoms with Crippen LogP contribution in [0.1, 0.15) is 19.5 Å². The Balaban J connectivity index is 2.51. The standard InChI is InChI=1S/C17H19N3/c1-5-7-12(3)15(6-2)16-8-13-11-20-17(18-4)9-14(13)10-19-16/h5-11H,1H2,2-4H3,(H,18,20)/b12-7-,15-6+. The van der Waals surface area contributed by atoms with Crippen LogP contribution in [-0.4, -0.2) is 17.0 Å². The van der Waals surface area contributed by atoms with Crippen LogP contribution in [0.15, 0.2) is 54.9 Å². The maximum Gasteiger partial charge on any atom is 0.126 e. The lowest BCUT2D eigenvalue weighted by Crippen LogP contribution is -1.94. The van der Waals surface area contributed by atoms with Crippen molar-refractivity contribution < 1.29 is 0 Å². The maximum absolute atomic E-state index is 4.56. The van der Waals surface area contributed by atoms with Crippen molar-refractivity contribution in [2.45, 2.75) is 13.8 Å². The van der Waals surface area contributed by atoms with Gasteiger partial charge in [-0.3, -0.25) is 4.98 Å². The number of fused-ring (bicyclic) bond motifs is 1. The van der Waals surface area contributed by atoms with E-state index in [9.17, 15) is 0 Å². The average molecular weight is 265 g/mol. The Morgan fingerprint density at radius 1 is 1.20 bits per heavy atom. The summed E-state index contributed by atoms with van der Waals surface area (Å²) in [5, 5.41) is 5.19. The molecule has 0 atom stereocenters.